The van der Waals surface area contributed by atoms with E-state index in [4.69, 9.17) is 4.74 Å². The van der Waals surface area contributed by atoms with E-state index in [9.17, 15) is 13.2 Å². The Labute approximate surface area is 132 Å². The zero-order chi connectivity index (χ0) is 16.0. The molecule has 23 heavy (non-hydrogen) atoms. The summed E-state index contributed by atoms with van der Waals surface area (Å²) in [4.78, 5) is 0. The normalized spacial score (nSPS) is 23.4. The molecular formula is C18H16F3NO. The summed E-state index contributed by atoms with van der Waals surface area (Å²) in [5.41, 5.74) is 1.92. The maximum atomic E-state index is 13.5. The van der Waals surface area contributed by atoms with Crippen molar-refractivity contribution in [2.24, 2.45) is 0 Å². The van der Waals surface area contributed by atoms with E-state index in [1.54, 1.807) is 0 Å². The number of fused-ring (bicyclic) bond motifs is 3. The fourth-order valence-corrected chi connectivity index (χ4v) is 3.57. The van der Waals surface area contributed by atoms with Gasteiger partial charge < -0.3 is 10.1 Å². The van der Waals surface area contributed by atoms with Crippen LogP contribution in [0.3, 0.4) is 0 Å². The lowest BCUT2D eigenvalue weighted by Crippen LogP contribution is -2.29. The number of benzene rings is 2. The molecular weight excluding hydrogens is 303 g/mol. The van der Waals surface area contributed by atoms with Gasteiger partial charge in [0.2, 0.25) is 0 Å². The molecule has 2 atom stereocenters. The minimum absolute atomic E-state index is 0.0106. The van der Waals surface area contributed by atoms with Gasteiger partial charge >= 0.3 is 6.18 Å². The summed E-state index contributed by atoms with van der Waals surface area (Å²) >= 11 is 0. The number of hydrogen-bond donors (Lipinski definition) is 1. The Morgan fingerprint density at radius 2 is 1.78 bits per heavy atom. The largest absolute Gasteiger partial charge is 0.416 e. The fourth-order valence-electron chi connectivity index (χ4n) is 3.57. The second-order valence-corrected chi connectivity index (χ2v) is 6.07. The maximum Gasteiger partial charge on any atom is 0.416 e. The number of rotatable bonds is 1. The SMILES string of the molecule is FC(F)(F)c1cc(-c2ccccc2)cc2c1CO[C@@H]1CNC[C@H]21. The molecule has 2 nitrogen and oxygen atoms in total. The summed E-state index contributed by atoms with van der Waals surface area (Å²) in [6, 6.07) is 12.4. The van der Waals surface area contributed by atoms with Crippen molar-refractivity contribution in [3.63, 3.8) is 0 Å². The third-order valence-electron chi connectivity index (χ3n) is 4.70. The Morgan fingerprint density at radius 3 is 2.52 bits per heavy atom. The van der Waals surface area contributed by atoms with Gasteiger partial charge in [-0.2, -0.15) is 13.2 Å². The molecule has 2 aromatic rings. The van der Waals surface area contributed by atoms with Crippen LogP contribution in [0.5, 0.6) is 0 Å². The topological polar surface area (TPSA) is 21.3 Å². The van der Waals surface area contributed by atoms with Crippen LogP contribution in [0.1, 0.15) is 22.6 Å². The molecule has 0 aliphatic carbocycles. The number of halogens is 3. The van der Waals surface area contributed by atoms with Crippen LogP contribution in [0.2, 0.25) is 0 Å². The van der Waals surface area contributed by atoms with E-state index in [1.165, 1.54) is 6.07 Å². The number of ether oxygens (including phenoxy) is 1. The number of hydrogen-bond acceptors (Lipinski definition) is 2. The van der Waals surface area contributed by atoms with Gasteiger partial charge in [-0.25, -0.2) is 0 Å². The van der Waals surface area contributed by atoms with E-state index in [1.807, 2.05) is 36.4 Å². The van der Waals surface area contributed by atoms with Crippen molar-refractivity contribution in [3.8, 4) is 11.1 Å². The summed E-state index contributed by atoms with van der Waals surface area (Å²) < 4.78 is 46.3. The molecule has 1 N–H and O–H groups in total. The lowest BCUT2D eigenvalue weighted by molar-refractivity contribution is -0.139. The Bertz CT molecular complexity index is 727. The predicted octanol–water partition coefficient (Wildman–Crippen LogP) is 3.96. The molecule has 0 aromatic heterocycles. The van der Waals surface area contributed by atoms with Gasteiger partial charge in [-0.3, -0.25) is 0 Å². The van der Waals surface area contributed by atoms with Crippen molar-refractivity contribution in [2.45, 2.75) is 24.8 Å². The van der Waals surface area contributed by atoms with Gasteiger partial charge in [-0.05, 0) is 28.3 Å². The van der Waals surface area contributed by atoms with Crippen LogP contribution in [0.25, 0.3) is 11.1 Å². The Kier molecular flexibility index (Phi) is 3.43. The smallest absolute Gasteiger partial charge is 0.372 e. The number of alkyl halides is 3. The van der Waals surface area contributed by atoms with Crippen LogP contribution in [0.15, 0.2) is 42.5 Å². The Morgan fingerprint density at radius 1 is 1.00 bits per heavy atom. The Balaban J connectivity index is 1.92. The van der Waals surface area contributed by atoms with Crippen LogP contribution in [-0.4, -0.2) is 19.2 Å². The zero-order valence-electron chi connectivity index (χ0n) is 12.4. The van der Waals surface area contributed by atoms with E-state index in [0.29, 0.717) is 24.2 Å². The molecule has 0 amide bonds. The highest BCUT2D eigenvalue weighted by Crippen LogP contribution is 2.43. The molecule has 0 spiro atoms. The lowest BCUT2D eigenvalue weighted by Gasteiger charge is -2.31. The second kappa shape index (κ2) is 5.35. The van der Waals surface area contributed by atoms with Crippen molar-refractivity contribution < 1.29 is 17.9 Å². The average molecular weight is 319 g/mol. The molecule has 2 aromatic carbocycles. The van der Waals surface area contributed by atoms with Crippen LogP contribution in [0, 0.1) is 0 Å². The highest BCUT2D eigenvalue weighted by atomic mass is 19.4. The summed E-state index contributed by atoms with van der Waals surface area (Å²) in [5.74, 6) is -0.0106. The molecule has 0 unspecified atom stereocenters. The van der Waals surface area contributed by atoms with Gasteiger partial charge in [0, 0.05) is 19.0 Å². The second-order valence-electron chi connectivity index (χ2n) is 6.07. The molecule has 0 saturated carbocycles. The van der Waals surface area contributed by atoms with Crippen LogP contribution >= 0.6 is 0 Å². The van der Waals surface area contributed by atoms with Crippen LogP contribution < -0.4 is 5.32 Å². The first-order valence-corrected chi connectivity index (χ1v) is 7.66. The van der Waals surface area contributed by atoms with E-state index in [0.717, 1.165) is 11.1 Å². The molecule has 4 rings (SSSR count). The lowest BCUT2D eigenvalue weighted by atomic mass is 9.84. The summed E-state index contributed by atoms with van der Waals surface area (Å²) in [5, 5.41) is 3.22. The molecule has 0 radical (unpaired) electrons. The third-order valence-corrected chi connectivity index (χ3v) is 4.70. The van der Waals surface area contributed by atoms with Crippen molar-refractivity contribution in [1.82, 2.24) is 5.32 Å². The van der Waals surface area contributed by atoms with Crippen LogP contribution in [-0.2, 0) is 17.5 Å². The summed E-state index contributed by atoms with van der Waals surface area (Å²) in [6.07, 6.45) is -4.41. The molecule has 1 fully saturated rings. The first-order chi connectivity index (χ1) is 11.0. The van der Waals surface area contributed by atoms with Crippen molar-refractivity contribution in [1.29, 1.82) is 0 Å². The molecule has 2 heterocycles. The van der Waals surface area contributed by atoms with Gasteiger partial charge in [0.15, 0.2) is 0 Å². The zero-order valence-corrected chi connectivity index (χ0v) is 12.4. The average Bonchev–Trinajstić information content (AvgIpc) is 3.02. The first-order valence-electron chi connectivity index (χ1n) is 7.66. The Hall–Kier alpha value is -1.85. The van der Waals surface area contributed by atoms with Crippen molar-refractivity contribution in [3.05, 3.63) is 59.2 Å². The predicted molar refractivity (Wildman–Crippen MR) is 81.1 cm³/mol. The summed E-state index contributed by atoms with van der Waals surface area (Å²) in [6.45, 7) is 1.39. The summed E-state index contributed by atoms with van der Waals surface area (Å²) in [7, 11) is 0. The van der Waals surface area contributed by atoms with Crippen molar-refractivity contribution in [2.75, 3.05) is 13.1 Å². The van der Waals surface area contributed by atoms with Gasteiger partial charge in [-0.15, -0.1) is 0 Å². The van der Waals surface area contributed by atoms with Crippen molar-refractivity contribution >= 4 is 0 Å². The highest BCUT2D eigenvalue weighted by Gasteiger charge is 2.41. The first kappa shape index (κ1) is 14.7. The van der Waals surface area contributed by atoms with E-state index in [-0.39, 0.29) is 18.6 Å². The molecule has 1 saturated heterocycles. The van der Waals surface area contributed by atoms with Gasteiger partial charge in [0.25, 0.3) is 0 Å². The van der Waals surface area contributed by atoms with Gasteiger partial charge in [-0.1, -0.05) is 36.4 Å². The standard InChI is InChI=1S/C18H16F3NO/c19-18(20,21)16-7-12(11-4-2-1-3-5-11)6-13-14-8-22-9-17(14)23-10-15(13)16/h1-7,14,17,22H,8-10H2/t14-,17-/m1/s1. The quantitative estimate of drug-likeness (QED) is 0.859. The molecule has 5 heteroatoms. The van der Waals surface area contributed by atoms with E-state index in [2.05, 4.69) is 5.32 Å². The number of nitrogens with one attached hydrogen (secondary N) is 1. The monoisotopic (exact) mass is 319 g/mol. The fraction of sp³-hybridized carbons (Fsp3) is 0.333. The maximum absolute atomic E-state index is 13.5. The van der Waals surface area contributed by atoms with Gasteiger partial charge in [0.1, 0.15) is 0 Å². The van der Waals surface area contributed by atoms with E-state index >= 15 is 0 Å². The molecule has 0 bridgehead atoms. The molecule has 2 aliphatic rings. The van der Waals surface area contributed by atoms with Gasteiger partial charge in [0.05, 0.1) is 18.3 Å². The minimum Gasteiger partial charge on any atom is -0.372 e. The molecule has 2 aliphatic heterocycles. The van der Waals surface area contributed by atoms with E-state index < -0.39 is 11.7 Å². The third kappa shape index (κ3) is 2.54. The van der Waals surface area contributed by atoms with Crippen LogP contribution in [0.4, 0.5) is 13.2 Å². The minimum atomic E-state index is -4.38. The highest BCUT2D eigenvalue weighted by molar-refractivity contribution is 5.67. The molecule has 120 valence electrons.